The number of carbonyl (C=O) groups is 2. The van der Waals surface area contributed by atoms with Crippen molar-refractivity contribution in [3.05, 3.63) is 64.5 Å². The summed E-state index contributed by atoms with van der Waals surface area (Å²) in [5.41, 5.74) is 4.80. The molecule has 0 bridgehead atoms. The van der Waals surface area contributed by atoms with Gasteiger partial charge in [0.15, 0.2) is 0 Å². The summed E-state index contributed by atoms with van der Waals surface area (Å²) in [5, 5.41) is 21.5. The van der Waals surface area contributed by atoms with Gasteiger partial charge < -0.3 is 15.1 Å². The standard InChI is InChI=1S/C20H18N4OS.2C2HF3O2/c1-23(2)15-6-4-13(5-7-15)16-12-26-19-17(16)20(25)24(3)22-18(19)14-8-10-21-11-9-14;2*3-2(4,5)1(6)7/h4-12H,1-3H3;2*(H,6,7). The van der Waals surface area contributed by atoms with Gasteiger partial charge in [-0.3, -0.25) is 9.78 Å². The van der Waals surface area contributed by atoms with E-state index in [0.717, 1.165) is 38.2 Å². The van der Waals surface area contributed by atoms with Crippen LogP contribution in [0.3, 0.4) is 0 Å². The zero-order chi connectivity index (χ0) is 30.4. The van der Waals surface area contributed by atoms with Crippen molar-refractivity contribution in [3.63, 3.8) is 0 Å². The van der Waals surface area contributed by atoms with E-state index in [1.807, 2.05) is 31.6 Å². The van der Waals surface area contributed by atoms with E-state index >= 15 is 0 Å². The van der Waals surface area contributed by atoms with Gasteiger partial charge in [-0.1, -0.05) is 12.1 Å². The van der Waals surface area contributed by atoms with Crippen LogP contribution in [0.5, 0.6) is 0 Å². The Hall–Kier alpha value is -4.47. The van der Waals surface area contributed by atoms with Gasteiger partial charge in [0, 0.05) is 55.7 Å². The molecule has 0 radical (unpaired) electrons. The molecule has 4 aromatic rings. The van der Waals surface area contributed by atoms with Gasteiger partial charge >= 0.3 is 24.3 Å². The van der Waals surface area contributed by atoms with Gasteiger partial charge in [-0.25, -0.2) is 14.3 Å². The molecule has 0 saturated carbocycles. The lowest BCUT2D eigenvalue weighted by molar-refractivity contribution is -0.193. The Labute approximate surface area is 225 Å². The number of thiophene rings is 1. The Morgan fingerprint density at radius 2 is 1.35 bits per heavy atom. The molecular formula is C24H20F6N4O5S. The van der Waals surface area contributed by atoms with Crippen LogP contribution in [0.15, 0.2) is 59.0 Å². The first-order chi connectivity index (χ1) is 18.4. The topological polar surface area (TPSA) is 126 Å². The number of carboxylic acid groups (broad SMARTS) is 2. The Morgan fingerprint density at radius 1 is 0.875 bits per heavy atom. The van der Waals surface area contributed by atoms with Crippen molar-refractivity contribution in [3.8, 4) is 22.4 Å². The van der Waals surface area contributed by atoms with Gasteiger partial charge in [0.2, 0.25) is 0 Å². The lowest BCUT2D eigenvalue weighted by Gasteiger charge is -2.12. The fraction of sp³-hybridized carbons (Fsp3) is 0.208. The molecule has 0 fully saturated rings. The lowest BCUT2D eigenvalue weighted by Crippen LogP contribution is -2.21. The number of pyridine rings is 1. The van der Waals surface area contributed by atoms with Crippen LogP contribution in [0, 0.1) is 0 Å². The van der Waals surface area contributed by atoms with Crippen LogP contribution in [0.4, 0.5) is 32.0 Å². The summed E-state index contributed by atoms with van der Waals surface area (Å²) < 4.78 is 65.8. The van der Waals surface area contributed by atoms with Crippen LogP contribution in [-0.2, 0) is 16.6 Å². The molecule has 0 spiro atoms. The van der Waals surface area contributed by atoms with Crippen molar-refractivity contribution < 1.29 is 46.1 Å². The fourth-order valence-corrected chi connectivity index (χ4v) is 4.07. The van der Waals surface area contributed by atoms with Crippen LogP contribution in [0.1, 0.15) is 0 Å². The quantitative estimate of drug-likeness (QED) is 0.318. The van der Waals surface area contributed by atoms with Gasteiger partial charge in [0.25, 0.3) is 5.56 Å². The molecule has 9 nitrogen and oxygen atoms in total. The highest BCUT2D eigenvalue weighted by atomic mass is 32.1. The molecule has 2 N–H and O–H groups in total. The number of aromatic nitrogens is 3. The first kappa shape index (κ1) is 31.7. The molecule has 0 unspecified atom stereocenters. The number of halogens is 6. The van der Waals surface area contributed by atoms with Gasteiger partial charge in [0.1, 0.15) is 5.69 Å². The van der Waals surface area contributed by atoms with Crippen LogP contribution < -0.4 is 10.5 Å². The smallest absolute Gasteiger partial charge is 0.475 e. The van der Waals surface area contributed by atoms with E-state index in [4.69, 9.17) is 19.8 Å². The number of nitrogens with zero attached hydrogens (tertiary/aromatic N) is 4. The van der Waals surface area contributed by atoms with Crippen LogP contribution >= 0.6 is 11.3 Å². The third-order valence-corrected chi connectivity index (χ3v) is 5.88. The maximum atomic E-state index is 12.8. The minimum atomic E-state index is -5.08. The summed E-state index contributed by atoms with van der Waals surface area (Å²) in [6.07, 6.45) is -6.69. The number of benzene rings is 1. The van der Waals surface area contributed by atoms with E-state index in [-0.39, 0.29) is 5.56 Å². The molecule has 0 aliphatic heterocycles. The van der Waals surface area contributed by atoms with E-state index in [1.54, 1.807) is 30.8 Å². The summed E-state index contributed by atoms with van der Waals surface area (Å²) in [4.78, 5) is 36.7. The molecule has 3 heterocycles. The Kier molecular flexibility index (Phi) is 9.99. The monoisotopic (exact) mass is 590 g/mol. The summed E-state index contributed by atoms with van der Waals surface area (Å²) in [5.74, 6) is -5.51. The molecule has 0 atom stereocenters. The number of rotatable bonds is 3. The van der Waals surface area contributed by atoms with E-state index in [0.29, 0.717) is 0 Å². The molecule has 16 heteroatoms. The molecule has 40 heavy (non-hydrogen) atoms. The molecule has 3 aromatic heterocycles. The van der Waals surface area contributed by atoms with E-state index in [2.05, 4.69) is 39.2 Å². The van der Waals surface area contributed by atoms with Gasteiger partial charge in [-0.2, -0.15) is 31.4 Å². The molecule has 0 saturated heterocycles. The Morgan fingerprint density at radius 3 is 1.77 bits per heavy atom. The number of aryl methyl sites for hydroxylation is 1. The van der Waals surface area contributed by atoms with Crippen molar-refractivity contribution in [2.75, 3.05) is 19.0 Å². The van der Waals surface area contributed by atoms with E-state index in [1.165, 1.54) is 4.68 Å². The number of hydrogen-bond acceptors (Lipinski definition) is 7. The second-order valence-electron chi connectivity index (χ2n) is 7.91. The number of carboxylic acids is 2. The van der Waals surface area contributed by atoms with Gasteiger partial charge in [-0.15, -0.1) is 11.3 Å². The molecular weight excluding hydrogens is 570 g/mol. The third-order valence-electron chi connectivity index (χ3n) is 4.90. The van der Waals surface area contributed by atoms with Gasteiger partial charge in [0.05, 0.1) is 10.1 Å². The zero-order valence-electron chi connectivity index (χ0n) is 20.8. The third kappa shape index (κ3) is 8.02. The van der Waals surface area contributed by atoms with Crippen molar-refractivity contribution in [2.24, 2.45) is 7.05 Å². The van der Waals surface area contributed by atoms with Crippen molar-refractivity contribution in [1.82, 2.24) is 14.8 Å². The van der Waals surface area contributed by atoms with Crippen LogP contribution in [0.25, 0.3) is 32.5 Å². The number of anilines is 1. The van der Waals surface area contributed by atoms with Crippen molar-refractivity contribution >= 4 is 39.0 Å². The molecule has 0 amide bonds. The summed E-state index contributed by atoms with van der Waals surface area (Å²) in [6.45, 7) is 0. The first-order valence-electron chi connectivity index (χ1n) is 10.7. The maximum Gasteiger partial charge on any atom is 0.490 e. The minimum Gasteiger partial charge on any atom is -0.475 e. The Balaban J connectivity index is 0.000000333. The van der Waals surface area contributed by atoms with Crippen LogP contribution in [-0.4, -0.2) is 63.4 Å². The number of hydrogen-bond donors (Lipinski definition) is 2. The Bertz CT molecular complexity index is 1510. The maximum absolute atomic E-state index is 12.8. The molecule has 214 valence electrons. The second-order valence-corrected chi connectivity index (χ2v) is 8.79. The summed E-state index contributed by atoms with van der Waals surface area (Å²) >= 11 is 1.56. The van der Waals surface area contributed by atoms with Gasteiger partial charge in [-0.05, 0) is 29.8 Å². The number of alkyl halides is 6. The molecule has 4 rings (SSSR count). The first-order valence-corrected chi connectivity index (χ1v) is 11.6. The fourth-order valence-electron chi connectivity index (χ4n) is 3.00. The van der Waals surface area contributed by atoms with E-state index < -0.39 is 24.3 Å². The minimum absolute atomic E-state index is 0.0780. The number of aliphatic carboxylic acids is 2. The molecule has 0 aliphatic rings. The highest BCUT2D eigenvalue weighted by Gasteiger charge is 2.38. The lowest BCUT2D eigenvalue weighted by atomic mass is 10.0. The normalized spacial score (nSPS) is 11.1. The summed E-state index contributed by atoms with van der Waals surface area (Å²) in [6, 6.07) is 12.1. The average molecular weight is 591 g/mol. The zero-order valence-corrected chi connectivity index (χ0v) is 21.6. The molecule has 0 aliphatic carbocycles. The molecule has 1 aromatic carbocycles. The van der Waals surface area contributed by atoms with Crippen molar-refractivity contribution in [1.29, 1.82) is 0 Å². The SMILES string of the molecule is CN(C)c1ccc(-c2csc3c(-c4ccncc4)nn(C)c(=O)c23)cc1.O=C(O)C(F)(F)F.O=C(O)C(F)(F)F. The number of fused-ring (bicyclic) bond motifs is 1. The largest absolute Gasteiger partial charge is 0.490 e. The predicted molar refractivity (Wildman–Crippen MR) is 135 cm³/mol. The average Bonchev–Trinajstić information content (AvgIpc) is 3.32. The summed E-state index contributed by atoms with van der Waals surface area (Å²) in [7, 11) is 5.72. The van der Waals surface area contributed by atoms with E-state index in [9.17, 15) is 31.1 Å². The van der Waals surface area contributed by atoms with Crippen molar-refractivity contribution in [2.45, 2.75) is 12.4 Å². The van der Waals surface area contributed by atoms with Crippen LogP contribution in [0.2, 0.25) is 0 Å². The highest BCUT2D eigenvalue weighted by Crippen LogP contribution is 2.36. The highest BCUT2D eigenvalue weighted by molar-refractivity contribution is 7.18. The second kappa shape index (κ2) is 12.6. The predicted octanol–water partition coefficient (Wildman–Crippen LogP) is 5.06.